The van der Waals surface area contributed by atoms with Crippen LogP contribution in [0.3, 0.4) is 0 Å². The maximum absolute atomic E-state index is 11.7. The summed E-state index contributed by atoms with van der Waals surface area (Å²) < 4.78 is 22.9. The molecular weight excluding hydrogens is 312 g/mol. The van der Waals surface area contributed by atoms with Crippen molar-refractivity contribution in [3.8, 4) is 0 Å². The monoisotopic (exact) mass is 346 g/mol. The topological polar surface area (TPSA) is 54.0 Å². The zero-order valence-electron chi connectivity index (χ0n) is 16.1. The summed E-state index contributed by atoms with van der Waals surface area (Å²) in [4.78, 5) is 11.7. The number of ether oxygens (including phenoxy) is 3. The molecule has 1 aliphatic rings. The second-order valence-corrected chi connectivity index (χ2v) is 12.9. The molecule has 0 aromatic heterocycles. The average molecular weight is 347 g/mol. The van der Waals surface area contributed by atoms with Gasteiger partial charge in [0.2, 0.25) is 0 Å². The zero-order valence-corrected chi connectivity index (χ0v) is 17.1. The molecule has 1 saturated heterocycles. The third kappa shape index (κ3) is 4.78. The van der Waals surface area contributed by atoms with E-state index >= 15 is 0 Å². The minimum Gasteiger partial charge on any atom is -0.469 e. The molecular formula is C17H34O5Si. The van der Waals surface area contributed by atoms with Crippen molar-refractivity contribution in [1.82, 2.24) is 0 Å². The summed E-state index contributed by atoms with van der Waals surface area (Å²) in [6.45, 7) is 15.4. The Balaban J connectivity index is 2.99. The van der Waals surface area contributed by atoms with Gasteiger partial charge in [-0.2, -0.15) is 0 Å². The molecule has 1 aliphatic heterocycles. The minimum absolute atomic E-state index is 0.00393. The molecule has 0 aromatic carbocycles. The highest BCUT2D eigenvalue weighted by molar-refractivity contribution is 6.74. The number of hydrogen-bond acceptors (Lipinski definition) is 5. The molecule has 0 spiro atoms. The van der Waals surface area contributed by atoms with Crippen molar-refractivity contribution < 1.29 is 23.4 Å². The molecule has 1 heterocycles. The lowest BCUT2D eigenvalue weighted by Gasteiger charge is -2.48. The molecule has 0 aliphatic carbocycles. The first kappa shape index (κ1) is 20.6. The first-order valence-corrected chi connectivity index (χ1v) is 11.3. The second-order valence-electron chi connectivity index (χ2n) is 8.12. The van der Waals surface area contributed by atoms with E-state index < -0.39 is 8.32 Å². The van der Waals surface area contributed by atoms with Gasteiger partial charge < -0.3 is 18.6 Å². The van der Waals surface area contributed by atoms with Crippen LogP contribution in [0.25, 0.3) is 0 Å². The summed E-state index contributed by atoms with van der Waals surface area (Å²) >= 11 is 0. The molecule has 136 valence electrons. The summed E-state index contributed by atoms with van der Waals surface area (Å²) in [5.74, 6) is -0.0556. The van der Waals surface area contributed by atoms with Crippen LogP contribution >= 0.6 is 0 Å². The fourth-order valence-electron chi connectivity index (χ4n) is 2.75. The van der Waals surface area contributed by atoms with Crippen molar-refractivity contribution in [2.45, 2.75) is 77.7 Å². The van der Waals surface area contributed by atoms with E-state index in [4.69, 9.17) is 18.6 Å². The van der Waals surface area contributed by atoms with Crippen LogP contribution in [0.2, 0.25) is 18.1 Å². The summed E-state index contributed by atoms with van der Waals surface area (Å²) in [6.07, 6.45) is -0.389. The van der Waals surface area contributed by atoms with Crippen LogP contribution in [-0.4, -0.2) is 47.0 Å². The summed E-state index contributed by atoms with van der Waals surface area (Å²) in [6, 6.07) is 0. The van der Waals surface area contributed by atoms with Gasteiger partial charge in [-0.3, -0.25) is 4.79 Å². The van der Waals surface area contributed by atoms with Gasteiger partial charge in [-0.15, -0.1) is 0 Å². The highest BCUT2D eigenvalue weighted by Crippen LogP contribution is 2.42. The molecule has 5 atom stereocenters. The Labute approximate surface area is 142 Å². The molecule has 5 nitrogen and oxygen atoms in total. The van der Waals surface area contributed by atoms with Crippen LogP contribution in [0.1, 0.15) is 41.0 Å². The van der Waals surface area contributed by atoms with Crippen LogP contribution in [0.4, 0.5) is 0 Å². The van der Waals surface area contributed by atoms with Gasteiger partial charge in [0.05, 0.1) is 25.7 Å². The van der Waals surface area contributed by atoms with Gasteiger partial charge in [0.25, 0.3) is 0 Å². The van der Waals surface area contributed by atoms with Gasteiger partial charge in [0, 0.05) is 18.9 Å². The van der Waals surface area contributed by atoms with E-state index in [9.17, 15) is 4.79 Å². The molecule has 0 bridgehead atoms. The minimum atomic E-state index is -1.92. The Morgan fingerprint density at radius 2 is 1.70 bits per heavy atom. The molecule has 1 fully saturated rings. The van der Waals surface area contributed by atoms with Crippen molar-refractivity contribution in [3.63, 3.8) is 0 Å². The van der Waals surface area contributed by atoms with Crippen molar-refractivity contribution in [2.75, 3.05) is 14.2 Å². The third-order valence-corrected chi connectivity index (χ3v) is 9.90. The van der Waals surface area contributed by atoms with E-state index in [0.29, 0.717) is 0 Å². The SMILES string of the molecule is COC(=O)CC1OC(OC)C(C)C(O[Si](C)(C)C(C)(C)C)C1C. The summed E-state index contributed by atoms with van der Waals surface area (Å²) in [7, 11) is 1.11. The molecule has 5 unspecified atom stereocenters. The highest BCUT2D eigenvalue weighted by Gasteiger charge is 2.48. The van der Waals surface area contributed by atoms with E-state index in [0.717, 1.165) is 0 Å². The summed E-state index contributed by atoms with van der Waals surface area (Å²) in [5, 5.41) is 0.130. The van der Waals surface area contributed by atoms with Crippen molar-refractivity contribution in [3.05, 3.63) is 0 Å². The predicted octanol–water partition coefficient (Wildman–Crippen LogP) is 3.58. The van der Waals surface area contributed by atoms with Crippen LogP contribution in [0, 0.1) is 11.8 Å². The number of methoxy groups -OCH3 is 2. The Bertz CT molecular complexity index is 404. The van der Waals surface area contributed by atoms with Crippen LogP contribution in [-0.2, 0) is 23.4 Å². The van der Waals surface area contributed by atoms with Gasteiger partial charge in [0.15, 0.2) is 14.6 Å². The molecule has 1 rings (SSSR count). The maximum Gasteiger partial charge on any atom is 0.308 e. The van der Waals surface area contributed by atoms with Gasteiger partial charge in [-0.25, -0.2) is 0 Å². The van der Waals surface area contributed by atoms with E-state index in [-0.39, 0.29) is 47.8 Å². The standard InChI is InChI=1S/C17H34O5Si/c1-11-13(10-14(18)19-6)21-16(20-7)12(2)15(11)22-23(8,9)17(3,4)5/h11-13,15-16H,10H2,1-9H3. The molecule has 0 aromatic rings. The molecule has 0 radical (unpaired) electrons. The zero-order chi connectivity index (χ0) is 18.0. The number of carbonyl (C=O) groups is 1. The molecule has 0 amide bonds. The third-order valence-electron chi connectivity index (χ3n) is 5.43. The van der Waals surface area contributed by atoms with E-state index in [2.05, 4.69) is 47.7 Å². The first-order valence-electron chi connectivity index (χ1n) is 8.37. The van der Waals surface area contributed by atoms with Crippen molar-refractivity contribution in [1.29, 1.82) is 0 Å². The lowest BCUT2D eigenvalue weighted by atomic mass is 9.84. The maximum atomic E-state index is 11.7. The molecule has 0 N–H and O–H groups in total. The fraction of sp³-hybridized carbons (Fsp3) is 0.941. The lowest BCUT2D eigenvalue weighted by Crippen LogP contribution is -2.56. The molecule has 23 heavy (non-hydrogen) atoms. The number of carbonyl (C=O) groups excluding carboxylic acids is 1. The van der Waals surface area contributed by atoms with E-state index in [1.165, 1.54) is 7.11 Å². The largest absolute Gasteiger partial charge is 0.469 e. The van der Waals surface area contributed by atoms with Crippen LogP contribution < -0.4 is 0 Å². The van der Waals surface area contributed by atoms with Crippen LogP contribution in [0.5, 0.6) is 0 Å². The normalized spacial score (nSPS) is 32.7. The van der Waals surface area contributed by atoms with Crippen molar-refractivity contribution in [2.24, 2.45) is 11.8 Å². The van der Waals surface area contributed by atoms with Crippen LogP contribution in [0.15, 0.2) is 0 Å². The Hall–Kier alpha value is -0.433. The van der Waals surface area contributed by atoms with Gasteiger partial charge in [0.1, 0.15) is 0 Å². The number of hydrogen-bond donors (Lipinski definition) is 0. The number of rotatable bonds is 5. The van der Waals surface area contributed by atoms with Gasteiger partial charge in [-0.05, 0) is 18.1 Å². The van der Waals surface area contributed by atoms with Gasteiger partial charge >= 0.3 is 5.97 Å². The first-order chi connectivity index (χ1) is 10.4. The van der Waals surface area contributed by atoms with E-state index in [1.54, 1.807) is 7.11 Å². The average Bonchev–Trinajstić information content (AvgIpc) is 2.45. The van der Waals surface area contributed by atoms with Gasteiger partial charge in [-0.1, -0.05) is 34.6 Å². The Kier molecular flexibility index (Phi) is 6.84. The number of esters is 1. The fourth-order valence-corrected chi connectivity index (χ4v) is 4.21. The predicted molar refractivity (Wildman–Crippen MR) is 92.7 cm³/mol. The van der Waals surface area contributed by atoms with E-state index in [1.807, 2.05) is 0 Å². The summed E-state index contributed by atoms with van der Waals surface area (Å²) in [5.41, 5.74) is 0. The highest BCUT2D eigenvalue weighted by atomic mass is 28.4. The quantitative estimate of drug-likeness (QED) is 0.562. The smallest absolute Gasteiger partial charge is 0.308 e. The Morgan fingerprint density at radius 1 is 1.13 bits per heavy atom. The second kappa shape index (κ2) is 7.63. The molecule has 0 saturated carbocycles. The molecule has 6 heteroatoms. The Morgan fingerprint density at radius 3 is 2.13 bits per heavy atom. The lowest BCUT2D eigenvalue weighted by molar-refractivity contribution is -0.251. The van der Waals surface area contributed by atoms with Crippen molar-refractivity contribution >= 4 is 14.3 Å².